The quantitative estimate of drug-likeness (QED) is 0.398. The van der Waals surface area contributed by atoms with E-state index in [0.29, 0.717) is 18.7 Å². The molecule has 1 N–H and O–H groups in total. The molecule has 0 aliphatic heterocycles. The van der Waals surface area contributed by atoms with Crippen molar-refractivity contribution in [3.63, 3.8) is 0 Å². The summed E-state index contributed by atoms with van der Waals surface area (Å²) in [4.78, 5) is 32.4. The Morgan fingerprint density at radius 2 is 1.56 bits per heavy atom. The molecule has 0 atom stereocenters. The van der Waals surface area contributed by atoms with Gasteiger partial charge in [-0.3, -0.25) is 9.59 Å². The first kappa shape index (κ1) is 23.2. The molecule has 4 rings (SSSR count). The van der Waals surface area contributed by atoms with E-state index < -0.39 is 0 Å². The van der Waals surface area contributed by atoms with Crippen LogP contribution < -0.4 is 10.2 Å². The Hall–Kier alpha value is -3.93. The summed E-state index contributed by atoms with van der Waals surface area (Å²) in [5.74, 6) is 0.599. The molecule has 0 unspecified atom stereocenters. The Morgan fingerprint density at radius 1 is 0.912 bits per heavy atom. The molecule has 0 saturated carbocycles. The van der Waals surface area contributed by atoms with Crippen LogP contribution >= 0.6 is 0 Å². The Labute approximate surface area is 200 Å². The maximum atomic E-state index is 13.4. The second kappa shape index (κ2) is 10.8. The van der Waals surface area contributed by atoms with E-state index in [1.54, 1.807) is 4.90 Å². The van der Waals surface area contributed by atoms with Crippen molar-refractivity contribution >= 4 is 28.5 Å². The number of benzene rings is 3. The van der Waals surface area contributed by atoms with E-state index in [9.17, 15) is 9.59 Å². The fourth-order valence-corrected chi connectivity index (χ4v) is 4.14. The van der Waals surface area contributed by atoms with Gasteiger partial charge >= 0.3 is 0 Å². The van der Waals surface area contributed by atoms with Crippen molar-refractivity contribution in [2.45, 2.75) is 45.8 Å². The zero-order valence-electron chi connectivity index (χ0n) is 19.6. The highest BCUT2D eigenvalue weighted by Gasteiger charge is 2.22. The van der Waals surface area contributed by atoms with Crippen LogP contribution in [0.5, 0.6) is 0 Å². The number of carbonyl (C=O) groups is 2. The molecule has 4 aromatic rings. The summed E-state index contributed by atoms with van der Waals surface area (Å²) in [6.45, 7) is 4.42. The van der Waals surface area contributed by atoms with Crippen molar-refractivity contribution in [2.75, 3.05) is 4.90 Å². The third-order valence-electron chi connectivity index (χ3n) is 5.77. The van der Waals surface area contributed by atoms with Crippen LogP contribution in [0.4, 0.5) is 5.69 Å². The van der Waals surface area contributed by atoms with Gasteiger partial charge in [0.25, 0.3) is 0 Å². The van der Waals surface area contributed by atoms with Crippen molar-refractivity contribution in [3.05, 3.63) is 96.3 Å². The van der Waals surface area contributed by atoms with Gasteiger partial charge in [-0.15, -0.1) is 0 Å². The number of rotatable bonds is 9. The zero-order valence-corrected chi connectivity index (χ0v) is 19.6. The average Bonchev–Trinajstić information content (AvgIpc) is 3.20. The Kier molecular flexibility index (Phi) is 7.38. The number of aromatic nitrogens is 2. The van der Waals surface area contributed by atoms with Gasteiger partial charge in [0.15, 0.2) is 0 Å². The van der Waals surface area contributed by atoms with Crippen molar-refractivity contribution in [2.24, 2.45) is 0 Å². The molecular weight excluding hydrogens is 424 g/mol. The zero-order chi connectivity index (χ0) is 23.9. The average molecular weight is 455 g/mol. The molecule has 1 aromatic heterocycles. The summed E-state index contributed by atoms with van der Waals surface area (Å²) < 4.78 is 1.91. The molecule has 1 heterocycles. The molecule has 174 valence electrons. The topological polar surface area (TPSA) is 67.2 Å². The fraction of sp³-hybridized carbons (Fsp3) is 0.250. The number of aryl methyl sites for hydroxylation is 1. The van der Waals surface area contributed by atoms with Gasteiger partial charge in [-0.05, 0) is 50.1 Å². The van der Waals surface area contributed by atoms with Gasteiger partial charge in [0.1, 0.15) is 12.4 Å². The maximum Gasteiger partial charge on any atom is 0.247 e. The molecular formula is C28H30N4O2. The number of hydrogen-bond donors (Lipinski definition) is 1. The lowest BCUT2D eigenvalue weighted by atomic mass is 10.1. The third-order valence-corrected chi connectivity index (χ3v) is 5.77. The first-order chi connectivity index (χ1) is 16.5. The molecule has 0 fully saturated rings. The monoisotopic (exact) mass is 454 g/mol. The number of imidazole rings is 1. The number of carbonyl (C=O) groups excluding carboxylic acids is 2. The first-order valence-electron chi connectivity index (χ1n) is 11.6. The van der Waals surface area contributed by atoms with E-state index >= 15 is 0 Å². The summed E-state index contributed by atoms with van der Waals surface area (Å²) in [6, 6.07) is 27.4. The minimum Gasteiger partial charge on any atom is -0.349 e. The van der Waals surface area contributed by atoms with E-state index in [1.807, 2.05) is 103 Å². The highest BCUT2D eigenvalue weighted by Crippen LogP contribution is 2.20. The summed E-state index contributed by atoms with van der Waals surface area (Å²) >= 11 is 0. The summed E-state index contributed by atoms with van der Waals surface area (Å²) in [5, 5.41) is 2.98. The molecule has 6 heteroatoms. The number of fused-ring (bicyclic) bond motifs is 1. The lowest BCUT2D eigenvalue weighted by Gasteiger charge is -2.27. The molecule has 0 radical (unpaired) electrons. The van der Waals surface area contributed by atoms with Crippen LogP contribution in [0.3, 0.4) is 0 Å². The van der Waals surface area contributed by atoms with Crippen LogP contribution in [-0.2, 0) is 29.1 Å². The Morgan fingerprint density at radius 3 is 2.26 bits per heavy atom. The van der Waals surface area contributed by atoms with Crippen LogP contribution in [0.25, 0.3) is 11.0 Å². The van der Waals surface area contributed by atoms with Crippen LogP contribution in [0.2, 0.25) is 0 Å². The number of hydrogen-bond acceptors (Lipinski definition) is 3. The molecule has 0 aliphatic carbocycles. The highest BCUT2D eigenvalue weighted by atomic mass is 16.2. The number of anilines is 1. The predicted octanol–water partition coefficient (Wildman–Crippen LogP) is 4.73. The van der Waals surface area contributed by atoms with Crippen LogP contribution in [0.1, 0.15) is 31.7 Å². The van der Waals surface area contributed by atoms with E-state index in [2.05, 4.69) is 5.32 Å². The highest BCUT2D eigenvalue weighted by molar-refractivity contribution is 5.94. The molecule has 2 amide bonds. The summed E-state index contributed by atoms with van der Waals surface area (Å²) in [6.07, 6.45) is 1.08. The normalized spacial score (nSPS) is 11.0. The summed E-state index contributed by atoms with van der Waals surface area (Å²) in [7, 11) is 0. The maximum absolute atomic E-state index is 13.4. The van der Waals surface area contributed by atoms with Gasteiger partial charge in [-0.1, -0.05) is 60.7 Å². The first-order valence-corrected chi connectivity index (χ1v) is 11.6. The number of nitrogens with one attached hydrogen (secondary N) is 1. The van der Waals surface area contributed by atoms with E-state index in [4.69, 9.17) is 4.98 Å². The molecule has 0 spiro atoms. The van der Waals surface area contributed by atoms with Gasteiger partial charge in [-0.2, -0.15) is 0 Å². The lowest BCUT2D eigenvalue weighted by Crippen LogP contribution is -2.39. The Balaban J connectivity index is 1.50. The van der Waals surface area contributed by atoms with Crippen LogP contribution in [-0.4, -0.2) is 27.4 Å². The van der Waals surface area contributed by atoms with Crippen LogP contribution in [0.15, 0.2) is 84.9 Å². The minimum absolute atomic E-state index is 0.00539. The van der Waals surface area contributed by atoms with E-state index in [0.717, 1.165) is 22.3 Å². The number of amides is 2. The van der Waals surface area contributed by atoms with Crippen molar-refractivity contribution in [3.8, 4) is 0 Å². The molecule has 0 bridgehead atoms. The Bertz CT molecular complexity index is 1250. The van der Waals surface area contributed by atoms with Gasteiger partial charge in [0.2, 0.25) is 11.8 Å². The fourth-order valence-electron chi connectivity index (χ4n) is 4.14. The molecule has 3 aromatic carbocycles. The second-order valence-corrected chi connectivity index (χ2v) is 8.56. The number of para-hydroxylation sites is 3. The smallest absolute Gasteiger partial charge is 0.247 e. The molecule has 6 nitrogen and oxygen atoms in total. The standard InChI is InChI=1S/C28H30N4O2/c1-21(2)32(23-13-7-4-8-14-23)28(34)20-31-25-16-10-9-15-24(25)30-26(31)19-29-27(33)18-17-22-11-5-3-6-12-22/h3-16,21H,17-20H2,1-2H3,(H,29,33). The molecule has 0 saturated heterocycles. The lowest BCUT2D eigenvalue weighted by molar-refractivity contribution is -0.121. The summed E-state index contributed by atoms with van der Waals surface area (Å²) in [5.41, 5.74) is 3.67. The van der Waals surface area contributed by atoms with Gasteiger partial charge in [0.05, 0.1) is 17.6 Å². The largest absolute Gasteiger partial charge is 0.349 e. The van der Waals surface area contributed by atoms with Gasteiger partial charge < -0.3 is 14.8 Å². The van der Waals surface area contributed by atoms with Gasteiger partial charge in [0, 0.05) is 18.2 Å². The van der Waals surface area contributed by atoms with E-state index in [-0.39, 0.29) is 30.9 Å². The second-order valence-electron chi connectivity index (χ2n) is 8.56. The van der Waals surface area contributed by atoms with Crippen molar-refractivity contribution in [1.29, 1.82) is 0 Å². The molecule has 34 heavy (non-hydrogen) atoms. The van der Waals surface area contributed by atoms with Gasteiger partial charge in [-0.25, -0.2) is 4.98 Å². The number of nitrogens with zero attached hydrogens (tertiary/aromatic N) is 3. The van der Waals surface area contributed by atoms with Crippen molar-refractivity contribution < 1.29 is 9.59 Å². The third kappa shape index (κ3) is 5.52. The minimum atomic E-state index is -0.0399. The predicted molar refractivity (Wildman–Crippen MR) is 135 cm³/mol. The van der Waals surface area contributed by atoms with Crippen molar-refractivity contribution in [1.82, 2.24) is 14.9 Å². The van der Waals surface area contributed by atoms with E-state index in [1.165, 1.54) is 0 Å². The molecule has 0 aliphatic rings. The van der Waals surface area contributed by atoms with Crippen LogP contribution in [0, 0.1) is 0 Å². The SMILES string of the molecule is CC(C)N(C(=O)Cn1c(CNC(=O)CCc2ccccc2)nc2ccccc21)c1ccccc1.